The van der Waals surface area contributed by atoms with Crippen LogP contribution in [0.25, 0.3) is 11.6 Å². The maximum absolute atomic E-state index is 5.27. The summed E-state index contributed by atoms with van der Waals surface area (Å²) in [5, 5.41) is 15.4. The number of hydrogen-bond donors (Lipinski definition) is 1. The Balaban J connectivity index is 1.56. The second-order valence-electron chi connectivity index (χ2n) is 4.99. The molecular weight excluding hydrogens is 246 g/mol. The maximum atomic E-state index is 5.27. The Bertz CT molecular complexity index is 567. The molecule has 0 spiro atoms. The molecule has 2 aromatic rings. The summed E-state index contributed by atoms with van der Waals surface area (Å²) in [6.07, 6.45) is 4.25. The van der Waals surface area contributed by atoms with Crippen LogP contribution in [0.15, 0.2) is 10.7 Å². The molecule has 2 aromatic heterocycles. The molecular formula is C11H15N7O. The van der Waals surface area contributed by atoms with Gasteiger partial charge in [0.1, 0.15) is 0 Å². The van der Waals surface area contributed by atoms with Crippen molar-refractivity contribution in [2.24, 2.45) is 0 Å². The highest BCUT2D eigenvalue weighted by Gasteiger charge is 2.23. The van der Waals surface area contributed by atoms with Crippen LogP contribution in [0, 0.1) is 0 Å². The summed E-state index contributed by atoms with van der Waals surface area (Å²) in [4.78, 5) is 6.53. The summed E-state index contributed by atoms with van der Waals surface area (Å²) in [7, 11) is 0. The minimum absolute atomic E-state index is 0.391. The van der Waals surface area contributed by atoms with E-state index in [0.29, 0.717) is 23.6 Å². The van der Waals surface area contributed by atoms with E-state index in [4.69, 9.17) is 4.52 Å². The summed E-state index contributed by atoms with van der Waals surface area (Å²) < 4.78 is 7.13. The summed E-state index contributed by atoms with van der Waals surface area (Å²) in [6, 6.07) is 0.391. The standard InChI is InChI=1S/C11H15N7O/c1-2-4-17(3-1)11-13-10(19-15-11)9-7-18(16-14-9)8-5-12-6-8/h7-8,12H,1-6H2. The highest BCUT2D eigenvalue weighted by molar-refractivity contribution is 5.47. The lowest BCUT2D eigenvalue weighted by molar-refractivity contribution is 0.313. The molecule has 0 saturated carbocycles. The Labute approximate surface area is 109 Å². The average Bonchev–Trinajstić information content (AvgIpc) is 3.08. The highest BCUT2D eigenvalue weighted by Crippen LogP contribution is 2.22. The van der Waals surface area contributed by atoms with E-state index in [2.05, 4.69) is 30.7 Å². The minimum Gasteiger partial charge on any atom is -0.338 e. The molecule has 1 N–H and O–H groups in total. The molecule has 0 atom stereocenters. The lowest BCUT2D eigenvalue weighted by Crippen LogP contribution is -2.43. The maximum Gasteiger partial charge on any atom is 0.281 e. The van der Waals surface area contributed by atoms with Crippen molar-refractivity contribution in [2.45, 2.75) is 18.9 Å². The Kier molecular flexibility index (Phi) is 2.47. The summed E-state index contributed by atoms with van der Waals surface area (Å²) in [5.74, 6) is 1.10. The smallest absolute Gasteiger partial charge is 0.281 e. The number of rotatable bonds is 3. The number of hydrogen-bond acceptors (Lipinski definition) is 7. The number of aromatic nitrogens is 5. The normalized spacial score (nSPS) is 19.9. The van der Waals surface area contributed by atoms with Gasteiger partial charge in [-0.25, -0.2) is 4.68 Å². The van der Waals surface area contributed by atoms with Crippen LogP contribution in [0.4, 0.5) is 5.95 Å². The van der Waals surface area contributed by atoms with E-state index in [1.54, 1.807) is 0 Å². The van der Waals surface area contributed by atoms with E-state index in [-0.39, 0.29) is 0 Å². The summed E-state index contributed by atoms with van der Waals surface area (Å²) in [6.45, 7) is 3.87. The molecule has 19 heavy (non-hydrogen) atoms. The Morgan fingerprint density at radius 1 is 1.26 bits per heavy atom. The van der Waals surface area contributed by atoms with E-state index in [9.17, 15) is 0 Å². The Hall–Kier alpha value is -1.96. The van der Waals surface area contributed by atoms with Crippen LogP contribution in [0.2, 0.25) is 0 Å². The van der Waals surface area contributed by atoms with Gasteiger partial charge in [-0.1, -0.05) is 5.21 Å². The number of nitrogens with one attached hydrogen (secondary N) is 1. The third-order valence-corrected chi connectivity index (χ3v) is 3.67. The molecule has 0 bridgehead atoms. The zero-order valence-corrected chi connectivity index (χ0v) is 10.5. The van der Waals surface area contributed by atoms with Gasteiger partial charge >= 0.3 is 0 Å². The van der Waals surface area contributed by atoms with Crippen molar-refractivity contribution in [3.8, 4) is 11.6 Å². The molecule has 100 valence electrons. The molecule has 8 heteroatoms. The fourth-order valence-corrected chi connectivity index (χ4v) is 2.38. The van der Waals surface area contributed by atoms with E-state index in [1.807, 2.05) is 10.9 Å². The molecule has 0 aliphatic carbocycles. The molecule has 0 radical (unpaired) electrons. The number of anilines is 1. The van der Waals surface area contributed by atoms with Crippen LogP contribution in [0.5, 0.6) is 0 Å². The van der Waals surface area contributed by atoms with Gasteiger partial charge in [-0.15, -0.1) is 5.10 Å². The van der Waals surface area contributed by atoms with Gasteiger partial charge in [0.05, 0.1) is 12.2 Å². The third kappa shape index (κ3) is 1.88. The monoisotopic (exact) mass is 261 g/mol. The lowest BCUT2D eigenvalue weighted by atomic mass is 10.2. The first-order valence-electron chi connectivity index (χ1n) is 6.62. The average molecular weight is 261 g/mol. The van der Waals surface area contributed by atoms with Gasteiger partial charge < -0.3 is 14.7 Å². The summed E-state index contributed by atoms with van der Waals surface area (Å²) in [5.41, 5.74) is 0.643. The predicted octanol–water partition coefficient (Wildman–Crippen LogP) is 0.0726. The molecule has 2 aliphatic heterocycles. The van der Waals surface area contributed by atoms with E-state index >= 15 is 0 Å². The van der Waals surface area contributed by atoms with Gasteiger partial charge in [0.25, 0.3) is 11.8 Å². The minimum atomic E-state index is 0.391. The van der Waals surface area contributed by atoms with Crippen molar-refractivity contribution in [2.75, 3.05) is 31.1 Å². The first kappa shape index (κ1) is 10.9. The second kappa shape index (κ2) is 4.30. The van der Waals surface area contributed by atoms with Gasteiger partial charge in [0.15, 0.2) is 5.69 Å². The second-order valence-corrected chi connectivity index (χ2v) is 4.99. The Morgan fingerprint density at radius 2 is 2.11 bits per heavy atom. The third-order valence-electron chi connectivity index (χ3n) is 3.67. The van der Waals surface area contributed by atoms with Crippen LogP contribution in [0.1, 0.15) is 18.9 Å². The van der Waals surface area contributed by atoms with E-state index < -0.39 is 0 Å². The molecule has 0 unspecified atom stereocenters. The van der Waals surface area contributed by atoms with E-state index in [0.717, 1.165) is 26.2 Å². The molecule has 8 nitrogen and oxygen atoms in total. The quantitative estimate of drug-likeness (QED) is 0.837. The van der Waals surface area contributed by atoms with Crippen LogP contribution < -0.4 is 10.2 Å². The van der Waals surface area contributed by atoms with Crippen molar-refractivity contribution >= 4 is 5.95 Å². The predicted molar refractivity (Wildman–Crippen MR) is 66.7 cm³/mol. The van der Waals surface area contributed by atoms with Crippen molar-refractivity contribution in [1.29, 1.82) is 0 Å². The van der Waals surface area contributed by atoms with Crippen molar-refractivity contribution in [1.82, 2.24) is 30.5 Å². The van der Waals surface area contributed by atoms with Gasteiger partial charge in [-0.3, -0.25) is 0 Å². The zero-order chi connectivity index (χ0) is 12.7. The van der Waals surface area contributed by atoms with Gasteiger partial charge in [0.2, 0.25) is 0 Å². The highest BCUT2D eigenvalue weighted by atomic mass is 16.5. The zero-order valence-electron chi connectivity index (χ0n) is 10.5. The van der Waals surface area contributed by atoms with Gasteiger partial charge in [-0.2, -0.15) is 4.98 Å². The fourth-order valence-electron chi connectivity index (χ4n) is 2.38. The lowest BCUT2D eigenvalue weighted by Gasteiger charge is -2.26. The molecule has 2 saturated heterocycles. The topological polar surface area (TPSA) is 84.9 Å². The SMILES string of the molecule is c1c(-c2nc(N3CCCC3)no2)nnn1C1CNC1. The first-order valence-corrected chi connectivity index (χ1v) is 6.62. The van der Waals surface area contributed by atoms with Crippen molar-refractivity contribution in [3.63, 3.8) is 0 Å². The summed E-state index contributed by atoms with van der Waals surface area (Å²) >= 11 is 0. The van der Waals surface area contributed by atoms with Crippen molar-refractivity contribution < 1.29 is 4.52 Å². The van der Waals surface area contributed by atoms with Gasteiger partial charge in [0, 0.05) is 26.2 Å². The van der Waals surface area contributed by atoms with Crippen LogP contribution in [-0.4, -0.2) is 51.3 Å². The molecule has 0 aromatic carbocycles. The molecule has 0 amide bonds. The molecule has 4 rings (SSSR count). The van der Waals surface area contributed by atoms with Crippen LogP contribution in [0.3, 0.4) is 0 Å². The largest absolute Gasteiger partial charge is 0.338 e. The fraction of sp³-hybridized carbons (Fsp3) is 0.636. The van der Waals surface area contributed by atoms with Crippen LogP contribution >= 0.6 is 0 Å². The molecule has 4 heterocycles. The molecule has 2 aliphatic rings. The van der Waals surface area contributed by atoms with E-state index in [1.165, 1.54) is 12.8 Å². The number of nitrogens with zero attached hydrogens (tertiary/aromatic N) is 6. The Morgan fingerprint density at radius 3 is 2.84 bits per heavy atom. The first-order chi connectivity index (χ1) is 9.40. The van der Waals surface area contributed by atoms with Crippen LogP contribution in [-0.2, 0) is 0 Å². The molecule has 2 fully saturated rings. The van der Waals surface area contributed by atoms with Crippen molar-refractivity contribution in [3.05, 3.63) is 6.20 Å². The van der Waals surface area contributed by atoms with Gasteiger partial charge in [-0.05, 0) is 18.0 Å².